The lowest BCUT2D eigenvalue weighted by molar-refractivity contribution is -0.115. The fraction of sp³-hybridized carbons (Fsp3) is 0.316. The molecule has 0 spiro atoms. The number of carbonyl (C=O) groups excluding carboxylic acids is 1. The van der Waals surface area contributed by atoms with Gasteiger partial charge in [-0.15, -0.1) is 0 Å². The van der Waals surface area contributed by atoms with Crippen LogP contribution in [-0.2, 0) is 24.1 Å². The SMILES string of the molecule is O=C(Cc1ccc2c(c1)CCCC2)Nc1ccccc1OC(F)F. The van der Waals surface area contributed by atoms with Crippen LogP contribution in [0.4, 0.5) is 14.5 Å². The molecule has 3 nitrogen and oxygen atoms in total. The average molecular weight is 331 g/mol. The van der Waals surface area contributed by atoms with Gasteiger partial charge in [-0.05, 0) is 54.5 Å². The highest BCUT2D eigenvalue weighted by atomic mass is 19.3. The standard InChI is InChI=1S/C19H19F2NO2/c20-19(21)24-17-8-4-3-7-16(17)22-18(23)12-13-9-10-14-5-1-2-6-15(14)11-13/h3-4,7-11,19H,1-2,5-6,12H2,(H,22,23). The number of ether oxygens (including phenoxy) is 1. The minimum absolute atomic E-state index is 0.0358. The molecular weight excluding hydrogens is 312 g/mol. The summed E-state index contributed by atoms with van der Waals surface area (Å²) in [6, 6.07) is 12.3. The molecule has 0 aliphatic heterocycles. The average Bonchev–Trinajstić information content (AvgIpc) is 2.56. The van der Waals surface area contributed by atoms with Gasteiger partial charge in [0, 0.05) is 0 Å². The number of amides is 1. The van der Waals surface area contributed by atoms with Crippen molar-refractivity contribution in [2.24, 2.45) is 0 Å². The highest BCUT2D eigenvalue weighted by Crippen LogP contribution is 2.26. The third-order valence-electron chi connectivity index (χ3n) is 4.15. The topological polar surface area (TPSA) is 38.3 Å². The van der Waals surface area contributed by atoms with Crippen LogP contribution in [0.2, 0.25) is 0 Å². The van der Waals surface area contributed by atoms with Crippen LogP contribution in [0.1, 0.15) is 29.5 Å². The molecule has 0 atom stereocenters. The molecule has 0 fully saturated rings. The van der Waals surface area contributed by atoms with Gasteiger partial charge in [-0.1, -0.05) is 30.3 Å². The van der Waals surface area contributed by atoms with E-state index in [1.807, 2.05) is 6.07 Å². The van der Waals surface area contributed by atoms with E-state index in [4.69, 9.17) is 0 Å². The third kappa shape index (κ3) is 4.10. The lowest BCUT2D eigenvalue weighted by atomic mass is 9.90. The molecule has 0 aromatic heterocycles. The molecule has 24 heavy (non-hydrogen) atoms. The molecule has 1 aliphatic carbocycles. The van der Waals surface area contributed by atoms with Crippen LogP contribution in [0.15, 0.2) is 42.5 Å². The van der Waals surface area contributed by atoms with Gasteiger partial charge in [-0.2, -0.15) is 8.78 Å². The zero-order valence-electron chi connectivity index (χ0n) is 13.2. The number of benzene rings is 2. The molecule has 0 bridgehead atoms. The summed E-state index contributed by atoms with van der Waals surface area (Å²) >= 11 is 0. The van der Waals surface area contributed by atoms with E-state index < -0.39 is 6.61 Å². The molecule has 0 saturated carbocycles. The van der Waals surface area contributed by atoms with Gasteiger partial charge in [-0.25, -0.2) is 0 Å². The molecule has 2 aromatic rings. The number of carbonyl (C=O) groups is 1. The monoisotopic (exact) mass is 331 g/mol. The number of para-hydroxylation sites is 2. The fourth-order valence-corrected chi connectivity index (χ4v) is 3.05. The first-order chi connectivity index (χ1) is 11.6. The fourth-order valence-electron chi connectivity index (χ4n) is 3.05. The normalized spacial score (nSPS) is 13.5. The second-order valence-electron chi connectivity index (χ2n) is 5.91. The van der Waals surface area contributed by atoms with E-state index in [2.05, 4.69) is 22.2 Å². The zero-order chi connectivity index (χ0) is 16.9. The number of hydrogen-bond donors (Lipinski definition) is 1. The molecule has 1 amide bonds. The minimum Gasteiger partial charge on any atom is -0.433 e. The maximum absolute atomic E-state index is 12.4. The number of alkyl halides is 2. The number of fused-ring (bicyclic) bond motifs is 1. The number of nitrogens with one attached hydrogen (secondary N) is 1. The minimum atomic E-state index is -2.93. The van der Waals surface area contributed by atoms with Crippen molar-refractivity contribution in [3.8, 4) is 5.75 Å². The van der Waals surface area contributed by atoms with Crippen LogP contribution in [0.3, 0.4) is 0 Å². The third-order valence-corrected chi connectivity index (χ3v) is 4.15. The molecule has 0 saturated heterocycles. The van der Waals surface area contributed by atoms with Gasteiger partial charge < -0.3 is 10.1 Å². The Bertz CT molecular complexity index is 731. The summed E-state index contributed by atoms with van der Waals surface area (Å²) in [5, 5.41) is 2.65. The molecule has 126 valence electrons. The van der Waals surface area contributed by atoms with Crippen molar-refractivity contribution in [1.29, 1.82) is 0 Å². The number of rotatable bonds is 5. The van der Waals surface area contributed by atoms with Crippen molar-refractivity contribution >= 4 is 11.6 Å². The van der Waals surface area contributed by atoms with E-state index >= 15 is 0 Å². The first kappa shape index (κ1) is 16.4. The number of anilines is 1. The van der Waals surface area contributed by atoms with Crippen LogP contribution in [0.5, 0.6) is 5.75 Å². The predicted octanol–water partition coefficient (Wildman–Crippen LogP) is 4.35. The molecule has 5 heteroatoms. The first-order valence-electron chi connectivity index (χ1n) is 8.06. The smallest absolute Gasteiger partial charge is 0.387 e. The lowest BCUT2D eigenvalue weighted by Crippen LogP contribution is -2.16. The van der Waals surface area contributed by atoms with Crippen molar-refractivity contribution in [3.63, 3.8) is 0 Å². The van der Waals surface area contributed by atoms with E-state index in [9.17, 15) is 13.6 Å². The molecule has 3 rings (SSSR count). The number of aryl methyl sites for hydroxylation is 2. The maximum Gasteiger partial charge on any atom is 0.387 e. The Balaban J connectivity index is 1.68. The second-order valence-corrected chi connectivity index (χ2v) is 5.91. The van der Waals surface area contributed by atoms with E-state index in [0.29, 0.717) is 0 Å². The summed E-state index contributed by atoms with van der Waals surface area (Å²) in [5.41, 5.74) is 3.86. The Morgan fingerprint density at radius 1 is 1.08 bits per heavy atom. The van der Waals surface area contributed by atoms with Crippen LogP contribution in [-0.4, -0.2) is 12.5 Å². The summed E-state index contributed by atoms with van der Waals surface area (Å²) in [6.45, 7) is -2.93. The van der Waals surface area contributed by atoms with Crippen molar-refractivity contribution in [1.82, 2.24) is 0 Å². The first-order valence-corrected chi connectivity index (χ1v) is 8.06. The number of halogens is 2. The van der Waals surface area contributed by atoms with Crippen molar-refractivity contribution in [2.75, 3.05) is 5.32 Å². The van der Waals surface area contributed by atoms with Crippen LogP contribution in [0, 0.1) is 0 Å². The maximum atomic E-state index is 12.4. The van der Waals surface area contributed by atoms with Gasteiger partial charge in [-0.3, -0.25) is 4.79 Å². The van der Waals surface area contributed by atoms with Gasteiger partial charge in [0.05, 0.1) is 12.1 Å². The molecule has 0 heterocycles. The van der Waals surface area contributed by atoms with Crippen LogP contribution in [0.25, 0.3) is 0 Å². The van der Waals surface area contributed by atoms with Gasteiger partial charge in [0.2, 0.25) is 5.91 Å². The van der Waals surface area contributed by atoms with Crippen molar-refractivity contribution < 1.29 is 18.3 Å². The van der Waals surface area contributed by atoms with Crippen LogP contribution < -0.4 is 10.1 Å². The molecule has 2 aromatic carbocycles. The Morgan fingerprint density at radius 3 is 2.62 bits per heavy atom. The van der Waals surface area contributed by atoms with E-state index in [1.54, 1.807) is 18.2 Å². The van der Waals surface area contributed by atoms with Gasteiger partial charge in [0.15, 0.2) is 0 Å². The Hall–Kier alpha value is -2.43. The molecule has 0 unspecified atom stereocenters. The molecular formula is C19H19F2NO2. The summed E-state index contributed by atoms with van der Waals surface area (Å²) in [6.07, 6.45) is 4.75. The Labute approximate surface area is 139 Å². The van der Waals surface area contributed by atoms with Gasteiger partial charge in [0.25, 0.3) is 0 Å². The van der Waals surface area contributed by atoms with E-state index in [0.717, 1.165) is 18.4 Å². The van der Waals surface area contributed by atoms with Crippen molar-refractivity contribution in [2.45, 2.75) is 38.7 Å². The summed E-state index contributed by atoms with van der Waals surface area (Å²) in [4.78, 5) is 12.2. The molecule has 0 radical (unpaired) electrons. The quantitative estimate of drug-likeness (QED) is 0.885. The van der Waals surface area contributed by atoms with Gasteiger partial charge >= 0.3 is 6.61 Å². The predicted molar refractivity (Wildman–Crippen MR) is 88.5 cm³/mol. The van der Waals surface area contributed by atoms with Gasteiger partial charge in [0.1, 0.15) is 5.75 Å². The lowest BCUT2D eigenvalue weighted by Gasteiger charge is -2.16. The van der Waals surface area contributed by atoms with Crippen molar-refractivity contribution in [3.05, 3.63) is 59.2 Å². The highest BCUT2D eigenvalue weighted by Gasteiger charge is 2.14. The Kier molecular flexibility index (Phi) is 5.08. The zero-order valence-corrected chi connectivity index (χ0v) is 13.2. The van der Waals surface area contributed by atoms with E-state index in [-0.39, 0.29) is 23.8 Å². The number of hydrogen-bond acceptors (Lipinski definition) is 2. The highest BCUT2D eigenvalue weighted by molar-refractivity contribution is 5.93. The molecule has 1 N–H and O–H groups in total. The summed E-state index contributed by atoms with van der Waals surface area (Å²) in [5.74, 6) is -0.289. The Morgan fingerprint density at radius 2 is 1.83 bits per heavy atom. The largest absolute Gasteiger partial charge is 0.433 e. The second kappa shape index (κ2) is 7.43. The molecule has 1 aliphatic rings. The summed E-state index contributed by atoms with van der Waals surface area (Å²) < 4.78 is 29.2. The van der Waals surface area contributed by atoms with E-state index in [1.165, 1.54) is 30.0 Å². The van der Waals surface area contributed by atoms with Crippen LogP contribution >= 0.6 is 0 Å². The summed E-state index contributed by atoms with van der Waals surface area (Å²) in [7, 11) is 0.